The monoisotopic (exact) mass is 665 g/mol. The van der Waals surface area contributed by atoms with Gasteiger partial charge in [0.15, 0.2) is 0 Å². The van der Waals surface area contributed by atoms with E-state index in [1.165, 1.54) is 25.5 Å². The molecule has 0 aromatic carbocycles. The highest BCUT2D eigenvalue weighted by atomic mass is 16.5. The Morgan fingerprint density at radius 1 is 1.21 bits per heavy atom. The van der Waals surface area contributed by atoms with E-state index in [0.717, 1.165) is 67.2 Å². The second-order valence-corrected chi connectivity index (χ2v) is 13.2. The molecule has 5 heterocycles. The Kier molecular flexibility index (Phi) is 15.7. The number of nitrogens with one attached hydrogen (secondary N) is 3. The molecule has 2 aromatic rings. The fourth-order valence-electron chi connectivity index (χ4n) is 6.88. The van der Waals surface area contributed by atoms with Gasteiger partial charge in [0.05, 0.1) is 35.7 Å². The van der Waals surface area contributed by atoms with E-state index in [-0.39, 0.29) is 21.1 Å². The van der Waals surface area contributed by atoms with E-state index in [9.17, 15) is 0 Å². The van der Waals surface area contributed by atoms with Crippen LogP contribution in [0, 0.1) is 22.7 Å². The standard InChI is InChI=1S/C30H40N7O2.C7H16.C2H6.2H2/c1-19-15-27-30(4,20(2)39-19)25(16-31)29(37(27)28-8-6-7-23(36-28)17-32-5)35-21(3)34-24-9-10-26(33-18-24)22-11-13-38-14-12-22;1-4-6-7(3)5-2;1-2;;/h6-10,16,18-20,22,27,31-32,34H,3,11-15,17H2,1-2,4-5H3;7H,4-6H2,1-3H3;1-2H3;2*1H/b31-16?,35-29+;;;;/t19?,20?,27-,30-;;;;/m1..../s1. The number of rotatable bonds is 11. The smallest absolute Gasteiger partial charge is 0.134 e. The first kappa shape index (κ1) is 39.3. The molecule has 269 valence electrons. The third-order valence-corrected chi connectivity index (χ3v) is 9.86. The van der Waals surface area contributed by atoms with E-state index in [1.54, 1.807) is 0 Å². The van der Waals surface area contributed by atoms with Gasteiger partial charge in [0.2, 0.25) is 0 Å². The van der Waals surface area contributed by atoms with Crippen LogP contribution in [0.2, 0.25) is 0 Å². The number of pyridine rings is 2. The average Bonchev–Trinajstić information content (AvgIpc) is 3.34. The summed E-state index contributed by atoms with van der Waals surface area (Å²) in [7, 11) is 1.91. The summed E-state index contributed by atoms with van der Waals surface area (Å²) in [6.45, 7) is 23.6. The predicted octanol–water partition coefficient (Wildman–Crippen LogP) is 9.04. The van der Waals surface area contributed by atoms with Gasteiger partial charge in [-0.25, -0.2) is 9.98 Å². The maximum atomic E-state index is 8.44. The zero-order chi connectivity index (χ0) is 35.3. The van der Waals surface area contributed by atoms with E-state index in [4.69, 9.17) is 29.8 Å². The van der Waals surface area contributed by atoms with Gasteiger partial charge in [-0.2, -0.15) is 0 Å². The molecule has 0 spiro atoms. The van der Waals surface area contributed by atoms with Gasteiger partial charge in [-0.05, 0) is 70.3 Å². The normalized spacial score (nSPS) is 25.6. The lowest BCUT2D eigenvalue weighted by molar-refractivity contribution is -0.0987. The summed E-state index contributed by atoms with van der Waals surface area (Å²) in [4.78, 5) is 16.9. The third kappa shape index (κ3) is 9.51. The SMILES string of the molecule is C=C(/N=C1\[C](C=N)[C@@]2(C)C(C)OC(C)C[C@H]2N1c1cccc(CNC)n1)Nc1ccc(C2CCOCC2)nc1.CC.CCCC(C)CC.[HH].[HH]. The number of amidine groups is 1. The average molecular weight is 665 g/mol. The van der Waals surface area contributed by atoms with E-state index in [1.807, 2.05) is 51.4 Å². The number of anilines is 2. The number of fused-ring (bicyclic) bond motifs is 1. The number of hydrogen-bond donors (Lipinski definition) is 3. The van der Waals surface area contributed by atoms with Crippen LogP contribution in [0.3, 0.4) is 0 Å². The van der Waals surface area contributed by atoms with E-state index < -0.39 is 5.41 Å². The van der Waals surface area contributed by atoms with Crippen LogP contribution in [0.15, 0.2) is 53.9 Å². The summed E-state index contributed by atoms with van der Waals surface area (Å²) in [6, 6.07) is 10.2. The Morgan fingerprint density at radius 2 is 1.94 bits per heavy atom. The summed E-state index contributed by atoms with van der Waals surface area (Å²) in [6.07, 6.45) is 10.1. The molecular formula is C39H66N7O2. The van der Waals surface area contributed by atoms with Crippen molar-refractivity contribution in [1.29, 1.82) is 5.41 Å². The van der Waals surface area contributed by atoms with Crippen LogP contribution in [0.1, 0.15) is 114 Å². The first-order chi connectivity index (χ1) is 23.2. The zero-order valence-electron chi connectivity index (χ0n) is 31.1. The molecule has 9 nitrogen and oxygen atoms in total. The highest BCUT2D eigenvalue weighted by Crippen LogP contribution is 2.53. The summed E-state index contributed by atoms with van der Waals surface area (Å²) in [5.41, 5.74) is 2.43. The van der Waals surface area contributed by atoms with Crippen molar-refractivity contribution in [2.24, 2.45) is 16.3 Å². The van der Waals surface area contributed by atoms with Crippen LogP contribution in [-0.4, -0.2) is 60.5 Å². The van der Waals surface area contributed by atoms with Crippen molar-refractivity contribution in [1.82, 2.24) is 15.3 Å². The Balaban J connectivity index is 0.00000102. The number of ether oxygens (including phenoxy) is 2. The van der Waals surface area contributed by atoms with Crippen molar-refractivity contribution in [2.75, 3.05) is 30.5 Å². The van der Waals surface area contributed by atoms with Crippen molar-refractivity contribution in [3.8, 4) is 0 Å². The largest absolute Gasteiger partial charge is 0.381 e. The lowest BCUT2D eigenvalue weighted by Gasteiger charge is -2.46. The zero-order valence-corrected chi connectivity index (χ0v) is 31.1. The first-order valence-electron chi connectivity index (χ1n) is 18.2. The molecular weight excluding hydrogens is 598 g/mol. The molecule has 3 unspecified atom stereocenters. The van der Waals surface area contributed by atoms with E-state index in [2.05, 4.69) is 69.7 Å². The molecule has 5 rings (SSSR count). The quantitative estimate of drug-likeness (QED) is 0.206. The Bertz CT molecular complexity index is 1320. The number of hydrogen-bond acceptors (Lipinski definition) is 8. The highest BCUT2D eigenvalue weighted by molar-refractivity contribution is 6.22. The van der Waals surface area contributed by atoms with Gasteiger partial charge in [0.25, 0.3) is 0 Å². The van der Waals surface area contributed by atoms with E-state index >= 15 is 0 Å². The van der Waals surface area contributed by atoms with Gasteiger partial charge in [-0.3, -0.25) is 4.98 Å². The molecule has 0 saturated carbocycles. The molecule has 0 bridgehead atoms. The Labute approximate surface area is 293 Å². The highest BCUT2D eigenvalue weighted by Gasteiger charge is 2.61. The molecule has 3 aliphatic heterocycles. The molecule has 0 amide bonds. The molecule has 48 heavy (non-hydrogen) atoms. The Hall–Kier alpha value is -3.14. The number of aliphatic imine (C=N–C) groups is 1. The molecule has 0 aliphatic carbocycles. The van der Waals surface area contributed by atoms with Crippen LogP contribution in [0.4, 0.5) is 11.5 Å². The molecule has 9 heteroatoms. The van der Waals surface area contributed by atoms with Crippen LogP contribution in [0.5, 0.6) is 0 Å². The lowest BCUT2D eigenvalue weighted by atomic mass is 9.68. The van der Waals surface area contributed by atoms with Crippen molar-refractivity contribution < 1.29 is 12.3 Å². The second kappa shape index (κ2) is 19.2. The van der Waals surface area contributed by atoms with Crippen LogP contribution in [-0.2, 0) is 16.0 Å². The molecule has 5 atom stereocenters. The van der Waals surface area contributed by atoms with E-state index in [0.29, 0.717) is 24.1 Å². The predicted molar refractivity (Wildman–Crippen MR) is 205 cm³/mol. The topological polar surface area (TPSA) is 108 Å². The number of aromatic nitrogens is 2. The molecule has 3 N–H and O–H groups in total. The molecule has 3 aliphatic rings. The summed E-state index contributed by atoms with van der Waals surface area (Å²) in [5, 5.41) is 14.9. The van der Waals surface area contributed by atoms with Crippen LogP contribution >= 0.6 is 0 Å². The summed E-state index contributed by atoms with van der Waals surface area (Å²) >= 11 is 0. The maximum absolute atomic E-state index is 8.44. The van der Waals surface area contributed by atoms with Crippen molar-refractivity contribution in [3.05, 3.63) is 66.2 Å². The lowest BCUT2D eigenvalue weighted by Crippen LogP contribution is -2.53. The third-order valence-electron chi connectivity index (χ3n) is 9.86. The fourth-order valence-corrected chi connectivity index (χ4v) is 6.88. The van der Waals surface area contributed by atoms with Crippen molar-refractivity contribution in [3.63, 3.8) is 0 Å². The molecule has 3 fully saturated rings. The Morgan fingerprint density at radius 3 is 2.52 bits per heavy atom. The molecule has 1 radical (unpaired) electrons. The van der Waals surface area contributed by atoms with Gasteiger partial charge in [-0.15, -0.1) is 0 Å². The van der Waals surface area contributed by atoms with Gasteiger partial charge >= 0.3 is 0 Å². The minimum Gasteiger partial charge on any atom is -0.381 e. The van der Waals surface area contributed by atoms with Crippen LogP contribution in [0.25, 0.3) is 0 Å². The molecule has 3 saturated heterocycles. The van der Waals surface area contributed by atoms with Crippen molar-refractivity contribution in [2.45, 2.75) is 125 Å². The fraction of sp³-hybridized carbons (Fsp3) is 0.615. The second-order valence-electron chi connectivity index (χ2n) is 13.2. The van der Waals surface area contributed by atoms with Gasteiger partial charge in [-0.1, -0.05) is 73.5 Å². The minimum absolute atomic E-state index is 0. The summed E-state index contributed by atoms with van der Waals surface area (Å²) in [5.74, 6) is 4.18. The minimum atomic E-state index is -0.430. The first-order valence-corrected chi connectivity index (χ1v) is 18.2. The van der Waals surface area contributed by atoms with Gasteiger partial charge in [0, 0.05) is 51.9 Å². The maximum Gasteiger partial charge on any atom is 0.134 e. The molecule has 2 aromatic heterocycles. The van der Waals surface area contributed by atoms with Crippen molar-refractivity contribution >= 4 is 23.6 Å². The summed E-state index contributed by atoms with van der Waals surface area (Å²) < 4.78 is 11.8. The van der Waals surface area contributed by atoms with Crippen LogP contribution < -0.4 is 15.5 Å². The number of nitrogens with zero attached hydrogens (tertiary/aromatic N) is 4. The van der Waals surface area contributed by atoms with Gasteiger partial charge in [0.1, 0.15) is 17.5 Å². The van der Waals surface area contributed by atoms with Gasteiger partial charge < -0.3 is 30.4 Å².